The van der Waals surface area contributed by atoms with Gasteiger partial charge < -0.3 is 10.2 Å². The van der Waals surface area contributed by atoms with E-state index in [1.165, 1.54) is 0 Å². The van der Waals surface area contributed by atoms with Crippen molar-refractivity contribution in [2.24, 2.45) is 5.41 Å². The molecule has 1 aromatic carbocycles. The van der Waals surface area contributed by atoms with Gasteiger partial charge in [-0.3, -0.25) is 14.6 Å². The second-order valence-electron chi connectivity index (χ2n) is 6.95. The molecule has 2 aliphatic rings. The van der Waals surface area contributed by atoms with E-state index in [4.69, 9.17) is 0 Å². The topological polar surface area (TPSA) is 62.3 Å². The Morgan fingerprint density at radius 1 is 1.16 bits per heavy atom. The lowest BCUT2D eigenvalue weighted by molar-refractivity contribution is -0.151. The molecular weight excluding hydrogens is 314 g/mol. The first kappa shape index (κ1) is 15.8. The number of carbonyl (C=O) groups is 2. The molecule has 3 heterocycles. The number of nitrogens with zero attached hydrogens (tertiary/aromatic N) is 2. The Morgan fingerprint density at radius 3 is 2.48 bits per heavy atom. The van der Waals surface area contributed by atoms with Gasteiger partial charge in [-0.15, -0.1) is 0 Å². The molecule has 25 heavy (non-hydrogen) atoms. The minimum atomic E-state index is -0.371. The maximum absolute atomic E-state index is 12.6. The zero-order chi connectivity index (χ0) is 17.4. The molecule has 1 N–H and O–H groups in total. The first-order valence-corrected chi connectivity index (χ1v) is 8.68. The van der Waals surface area contributed by atoms with Crippen molar-refractivity contribution in [1.82, 2.24) is 15.2 Å². The van der Waals surface area contributed by atoms with Crippen molar-refractivity contribution < 1.29 is 9.59 Å². The fourth-order valence-electron chi connectivity index (χ4n) is 3.92. The number of likely N-dealkylation sites (tertiary alicyclic amines) is 1. The summed E-state index contributed by atoms with van der Waals surface area (Å²) in [5.41, 5.74) is 2.28. The lowest BCUT2D eigenvalue weighted by Crippen LogP contribution is -2.64. The van der Waals surface area contributed by atoms with Crippen LogP contribution in [0.2, 0.25) is 0 Å². The van der Waals surface area contributed by atoms with Crippen LogP contribution in [0.1, 0.15) is 40.5 Å². The van der Waals surface area contributed by atoms with Gasteiger partial charge in [-0.2, -0.15) is 0 Å². The summed E-state index contributed by atoms with van der Waals surface area (Å²) in [6.45, 7) is 3.10. The van der Waals surface area contributed by atoms with Gasteiger partial charge in [0.1, 0.15) is 0 Å². The molecule has 0 radical (unpaired) electrons. The molecule has 2 aliphatic heterocycles. The monoisotopic (exact) mass is 335 g/mol. The van der Waals surface area contributed by atoms with Crippen LogP contribution < -0.4 is 5.32 Å². The van der Waals surface area contributed by atoms with Gasteiger partial charge in [-0.05, 0) is 37.5 Å². The number of hydrogen-bond donors (Lipinski definition) is 1. The summed E-state index contributed by atoms with van der Waals surface area (Å²) >= 11 is 0. The van der Waals surface area contributed by atoms with Crippen molar-refractivity contribution in [3.63, 3.8) is 0 Å². The van der Waals surface area contributed by atoms with Crippen LogP contribution in [0.15, 0.2) is 48.7 Å². The second-order valence-corrected chi connectivity index (χ2v) is 6.95. The van der Waals surface area contributed by atoms with Gasteiger partial charge >= 0.3 is 0 Å². The summed E-state index contributed by atoms with van der Waals surface area (Å²) < 4.78 is 0. The van der Waals surface area contributed by atoms with Crippen LogP contribution in [0.5, 0.6) is 0 Å². The molecule has 2 amide bonds. The van der Waals surface area contributed by atoms with Crippen molar-refractivity contribution in [2.75, 3.05) is 13.1 Å². The normalized spacial score (nSPS) is 21.6. The second kappa shape index (κ2) is 5.99. The Hall–Kier alpha value is -2.69. The van der Waals surface area contributed by atoms with Crippen molar-refractivity contribution in [3.05, 3.63) is 65.5 Å². The molecule has 1 unspecified atom stereocenters. The quantitative estimate of drug-likeness (QED) is 0.858. The number of β-lactam (4-membered cyclic amide) rings is 1. The number of benzene rings is 1. The van der Waals surface area contributed by atoms with Gasteiger partial charge in [0, 0.05) is 25.0 Å². The first-order valence-electron chi connectivity index (χ1n) is 8.68. The number of hydrogen-bond acceptors (Lipinski definition) is 3. The predicted octanol–water partition coefficient (Wildman–Crippen LogP) is 2.48. The summed E-state index contributed by atoms with van der Waals surface area (Å²) in [4.78, 5) is 31.0. The van der Waals surface area contributed by atoms with Crippen LogP contribution >= 0.6 is 0 Å². The third kappa shape index (κ3) is 2.60. The summed E-state index contributed by atoms with van der Waals surface area (Å²) in [6, 6.07) is 13.8. The molecule has 4 rings (SSSR count). The molecule has 1 atom stereocenters. The maximum Gasteiger partial charge on any atom is 0.255 e. The SMILES string of the molecule is Cc1ccc(C(=O)N2CCC3(CC2)C(=O)NC3c2ccccc2)cn1. The molecule has 5 heteroatoms. The smallest absolute Gasteiger partial charge is 0.255 e. The molecule has 0 saturated carbocycles. The molecule has 1 spiro atoms. The number of carbonyl (C=O) groups excluding carboxylic acids is 2. The highest BCUT2D eigenvalue weighted by atomic mass is 16.2. The minimum Gasteiger partial charge on any atom is -0.348 e. The van der Waals surface area contributed by atoms with Gasteiger partial charge in [0.25, 0.3) is 5.91 Å². The van der Waals surface area contributed by atoms with E-state index in [0.717, 1.165) is 11.3 Å². The van der Waals surface area contributed by atoms with E-state index in [-0.39, 0.29) is 23.3 Å². The van der Waals surface area contributed by atoms with E-state index >= 15 is 0 Å². The van der Waals surface area contributed by atoms with Gasteiger partial charge in [0.05, 0.1) is 17.0 Å². The first-order chi connectivity index (χ1) is 12.1. The zero-order valence-electron chi connectivity index (χ0n) is 14.2. The highest BCUT2D eigenvalue weighted by Crippen LogP contribution is 2.49. The van der Waals surface area contributed by atoms with E-state index in [2.05, 4.69) is 22.4 Å². The zero-order valence-corrected chi connectivity index (χ0v) is 14.2. The van der Waals surface area contributed by atoms with Crippen LogP contribution in [-0.4, -0.2) is 34.8 Å². The number of amides is 2. The van der Waals surface area contributed by atoms with Gasteiger partial charge in [-0.1, -0.05) is 30.3 Å². The fraction of sp³-hybridized carbons (Fsp3) is 0.350. The summed E-state index contributed by atoms with van der Waals surface area (Å²) in [5.74, 6) is 0.115. The van der Waals surface area contributed by atoms with E-state index in [0.29, 0.717) is 31.5 Å². The Kier molecular flexibility index (Phi) is 3.79. The maximum atomic E-state index is 12.6. The number of aryl methyl sites for hydroxylation is 1. The van der Waals surface area contributed by atoms with Crippen LogP contribution in [0.4, 0.5) is 0 Å². The molecule has 2 fully saturated rings. The summed E-state index contributed by atoms with van der Waals surface area (Å²) in [5, 5.41) is 3.05. The molecule has 1 aromatic heterocycles. The molecular formula is C20H21N3O2. The van der Waals surface area contributed by atoms with Crippen LogP contribution in [-0.2, 0) is 4.79 Å². The number of nitrogens with one attached hydrogen (secondary N) is 1. The lowest BCUT2D eigenvalue weighted by Gasteiger charge is -2.52. The van der Waals surface area contributed by atoms with Gasteiger partial charge in [-0.25, -0.2) is 0 Å². The van der Waals surface area contributed by atoms with Crippen molar-refractivity contribution >= 4 is 11.8 Å². The van der Waals surface area contributed by atoms with Crippen LogP contribution in [0.25, 0.3) is 0 Å². The Morgan fingerprint density at radius 2 is 1.88 bits per heavy atom. The minimum absolute atomic E-state index is 0.00153. The number of piperidine rings is 1. The van der Waals surface area contributed by atoms with Gasteiger partial charge in [0.2, 0.25) is 5.91 Å². The van der Waals surface area contributed by atoms with Crippen LogP contribution in [0, 0.1) is 12.3 Å². The fourth-order valence-corrected chi connectivity index (χ4v) is 3.92. The highest BCUT2D eigenvalue weighted by molar-refractivity contribution is 5.95. The third-order valence-electron chi connectivity index (χ3n) is 5.51. The van der Waals surface area contributed by atoms with Crippen LogP contribution in [0.3, 0.4) is 0 Å². The van der Waals surface area contributed by atoms with E-state index < -0.39 is 0 Å². The molecule has 5 nitrogen and oxygen atoms in total. The number of pyridine rings is 1. The third-order valence-corrected chi connectivity index (χ3v) is 5.51. The number of rotatable bonds is 2. The Bertz CT molecular complexity index is 793. The predicted molar refractivity (Wildman–Crippen MR) is 93.9 cm³/mol. The Balaban J connectivity index is 1.48. The standard InChI is InChI=1S/C20H21N3O2/c1-14-7-8-16(13-21-14)18(24)23-11-9-20(10-12-23)17(22-19(20)25)15-5-3-2-4-6-15/h2-8,13,17H,9-12H2,1H3,(H,22,25). The molecule has 0 bridgehead atoms. The average Bonchev–Trinajstić information content (AvgIpc) is 2.67. The Labute approximate surface area is 147 Å². The highest BCUT2D eigenvalue weighted by Gasteiger charge is 2.56. The molecule has 2 aromatic rings. The number of aromatic nitrogens is 1. The molecule has 2 saturated heterocycles. The van der Waals surface area contributed by atoms with E-state index in [1.54, 1.807) is 6.20 Å². The molecule has 0 aliphatic carbocycles. The van der Waals surface area contributed by atoms with Gasteiger partial charge in [0.15, 0.2) is 0 Å². The lowest BCUT2D eigenvalue weighted by atomic mass is 9.64. The van der Waals surface area contributed by atoms with E-state index in [1.807, 2.05) is 42.2 Å². The van der Waals surface area contributed by atoms with Crippen molar-refractivity contribution in [3.8, 4) is 0 Å². The summed E-state index contributed by atoms with van der Waals surface area (Å²) in [6.07, 6.45) is 3.03. The van der Waals surface area contributed by atoms with Crippen molar-refractivity contribution in [1.29, 1.82) is 0 Å². The molecule has 128 valence electrons. The van der Waals surface area contributed by atoms with E-state index in [9.17, 15) is 9.59 Å². The summed E-state index contributed by atoms with van der Waals surface area (Å²) in [7, 11) is 0. The largest absolute Gasteiger partial charge is 0.348 e. The average molecular weight is 335 g/mol. The van der Waals surface area contributed by atoms with Crippen molar-refractivity contribution in [2.45, 2.75) is 25.8 Å².